The Labute approximate surface area is 337 Å². The van der Waals surface area contributed by atoms with Gasteiger partial charge in [0.15, 0.2) is 11.6 Å². The van der Waals surface area contributed by atoms with E-state index < -0.39 is 37.5 Å². The topological polar surface area (TPSA) is 162 Å². The van der Waals surface area contributed by atoms with E-state index >= 15 is 0 Å². The van der Waals surface area contributed by atoms with Gasteiger partial charge in [-0.25, -0.2) is 14.1 Å². The quantitative estimate of drug-likeness (QED) is 0.0573. The Morgan fingerprint density at radius 3 is 2.14 bits per heavy atom. The van der Waals surface area contributed by atoms with Gasteiger partial charge in [0.2, 0.25) is 5.60 Å². The molecular formula is C41H61ClN5O8P. The molecule has 4 heterocycles. The number of para-hydroxylation sites is 1. The lowest BCUT2D eigenvalue weighted by molar-refractivity contribution is -0.204. The lowest BCUT2D eigenvalue weighted by Crippen LogP contribution is -2.40. The van der Waals surface area contributed by atoms with E-state index in [1.807, 2.05) is 0 Å². The monoisotopic (exact) mass is 817 g/mol. The number of anilines is 1. The van der Waals surface area contributed by atoms with Crippen molar-refractivity contribution in [3.05, 3.63) is 53.4 Å². The van der Waals surface area contributed by atoms with Gasteiger partial charge in [0.05, 0.1) is 30.5 Å². The molecule has 1 unspecified atom stereocenters. The predicted molar refractivity (Wildman–Crippen MR) is 215 cm³/mol. The molecule has 2 saturated heterocycles. The Kier molecular flexibility index (Phi) is 17.3. The maximum absolute atomic E-state index is 14.2. The number of hydrogen-bond acceptors (Lipinski definition) is 12. The van der Waals surface area contributed by atoms with Crippen molar-refractivity contribution >= 4 is 30.8 Å². The summed E-state index contributed by atoms with van der Waals surface area (Å²) in [6, 6.07) is 12.3. The summed E-state index contributed by atoms with van der Waals surface area (Å²) in [5.74, 6) is -0.693. The minimum atomic E-state index is -4.31. The van der Waals surface area contributed by atoms with Crippen molar-refractivity contribution in [2.24, 2.45) is 0 Å². The van der Waals surface area contributed by atoms with E-state index in [9.17, 15) is 9.83 Å². The lowest BCUT2D eigenvalue weighted by atomic mass is 9.92. The Balaban J connectivity index is 1.06. The van der Waals surface area contributed by atoms with Gasteiger partial charge in [-0.2, -0.15) is 10.4 Å². The van der Waals surface area contributed by atoms with Crippen molar-refractivity contribution in [1.82, 2.24) is 14.6 Å². The summed E-state index contributed by atoms with van der Waals surface area (Å²) in [6.07, 6.45) is 19.6. The van der Waals surface area contributed by atoms with Crippen LogP contribution in [0.5, 0.6) is 5.75 Å². The van der Waals surface area contributed by atoms with E-state index in [-0.39, 0.29) is 36.4 Å². The van der Waals surface area contributed by atoms with E-state index in [4.69, 9.17) is 49.9 Å². The average molecular weight is 818 g/mol. The van der Waals surface area contributed by atoms with E-state index in [0.717, 1.165) is 12.8 Å². The maximum atomic E-state index is 14.2. The summed E-state index contributed by atoms with van der Waals surface area (Å²) in [4.78, 5) is 4.04. The van der Waals surface area contributed by atoms with Crippen LogP contribution in [-0.4, -0.2) is 65.1 Å². The third-order valence-electron chi connectivity index (χ3n) is 10.3. The Hall–Kier alpha value is -2.79. The first-order chi connectivity index (χ1) is 27.1. The van der Waals surface area contributed by atoms with Crippen LogP contribution in [-0.2, 0) is 38.2 Å². The highest BCUT2D eigenvalue weighted by molar-refractivity contribution is 7.48. The minimum Gasteiger partial charge on any atom is -0.402 e. The average Bonchev–Trinajstić information content (AvgIpc) is 3.85. The summed E-state index contributed by atoms with van der Waals surface area (Å²) in [5.41, 5.74) is 5.26. The Morgan fingerprint density at radius 1 is 0.857 bits per heavy atom. The third kappa shape index (κ3) is 12.1. The second kappa shape index (κ2) is 21.8. The highest BCUT2D eigenvalue weighted by atomic mass is 35.5. The number of unbranched alkanes of at least 4 members (excludes halogenated alkanes) is 15. The molecule has 0 spiro atoms. The molecule has 2 aliphatic heterocycles. The van der Waals surface area contributed by atoms with Crippen LogP contribution in [0.2, 0.25) is 5.02 Å². The van der Waals surface area contributed by atoms with Crippen LogP contribution in [0.3, 0.4) is 0 Å². The van der Waals surface area contributed by atoms with Crippen molar-refractivity contribution in [1.29, 1.82) is 5.26 Å². The first-order valence-corrected chi connectivity index (χ1v) is 22.4. The molecule has 0 bridgehead atoms. The molecule has 0 aliphatic carbocycles. The summed E-state index contributed by atoms with van der Waals surface area (Å²) < 4.78 is 57.9. The van der Waals surface area contributed by atoms with Crippen molar-refractivity contribution in [2.45, 2.75) is 153 Å². The van der Waals surface area contributed by atoms with E-state index in [0.29, 0.717) is 17.8 Å². The molecule has 310 valence electrons. The van der Waals surface area contributed by atoms with Gasteiger partial charge < -0.3 is 29.2 Å². The standard InChI is InChI=1S/C41H61ClN5O8P/c1-4-5-6-7-8-9-10-11-12-13-14-15-16-17-18-21-26-49-27-28-50-56(48,55-34-23-20-19-22-32(34)42)51-29-35-37-38(54-40(2,3)53-37)41(30-43,52-35)36-25-24-33-39(44)45-31-46-47(33)36/h19-20,22-25,31,35,37-38H,4-18,21,26-29H2,1-3H3,(H2,44,45,46)/t35-,37-,38-,41+,56?/m1/s1. The fourth-order valence-electron chi connectivity index (χ4n) is 7.42. The van der Waals surface area contributed by atoms with Gasteiger partial charge >= 0.3 is 7.82 Å². The number of nitrogens with two attached hydrogens (primary N) is 1. The molecule has 56 heavy (non-hydrogen) atoms. The number of aromatic nitrogens is 3. The van der Waals surface area contributed by atoms with Crippen LogP contribution >= 0.6 is 19.4 Å². The molecule has 13 nitrogen and oxygen atoms in total. The summed E-state index contributed by atoms with van der Waals surface area (Å²) in [5, 5.41) is 15.2. The number of nitrogen functional groups attached to an aromatic ring is 1. The smallest absolute Gasteiger partial charge is 0.402 e. The van der Waals surface area contributed by atoms with Crippen molar-refractivity contribution < 1.29 is 37.1 Å². The number of ether oxygens (including phenoxy) is 4. The number of rotatable bonds is 27. The molecule has 2 aromatic heterocycles. The van der Waals surface area contributed by atoms with E-state index in [1.165, 1.54) is 101 Å². The molecule has 3 aromatic rings. The van der Waals surface area contributed by atoms with Gasteiger partial charge in [-0.1, -0.05) is 127 Å². The summed E-state index contributed by atoms with van der Waals surface area (Å²) in [6.45, 7) is 6.15. The number of nitriles is 1. The van der Waals surface area contributed by atoms with Gasteiger partial charge in [-0.15, -0.1) is 0 Å². The second-order valence-electron chi connectivity index (χ2n) is 15.2. The van der Waals surface area contributed by atoms with Gasteiger partial charge in [0, 0.05) is 6.61 Å². The number of benzene rings is 1. The van der Waals surface area contributed by atoms with E-state index in [2.05, 4.69) is 23.1 Å². The lowest BCUT2D eigenvalue weighted by Gasteiger charge is -2.29. The van der Waals surface area contributed by atoms with Crippen LogP contribution in [0.15, 0.2) is 42.7 Å². The van der Waals surface area contributed by atoms with Crippen molar-refractivity contribution in [2.75, 3.05) is 32.2 Å². The van der Waals surface area contributed by atoms with Crippen molar-refractivity contribution in [3.63, 3.8) is 0 Å². The molecule has 15 heteroatoms. The molecular weight excluding hydrogens is 757 g/mol. The van der Waals surface area contributed by atoms with Crippen LogP contribution in [0.4, 0.5) is 5.82 Å². The summed E-state index contributed by atoms with van der Waals surface area (Å²) in [7, 11) is -4.31. The number of halogens is 1. The van der Waals surface area contributed by atoms with Crippen LogP contribution in [0.1, 0.15) is 129 Å². The first kappa shape index (κ1) is 44.3. The van der Waals surface area contributed by atoms with Gasteiger partial charge in [0.25, 0.3) is 0 Å². The Morgan fingerprint density at radius 2 is 1.50 bits per heavy atom. The number of fused-ring (bicyclic) bond motifs is 2. The van der Waals surface area contributed by atoms with Gasteiger partial charge in [0.1, 0.15) is 42.0 Å². The minimum absolute atomic E-state index is 0.0514. The zero-order valence-electron chi connectivity index (χ0n) is 33.4. The first-order valence-electron chi connectivity index (χ1n) is 20.6. The molecule has 2 fully saturated rings. The molecule has 0 radical (unpaired) electrons. The molecule has 0 amide bonds. The predicted octanol–water partition coefficient (Wildman–Crippen LogP) is 10.1. The van der Waals surface area contributed by atoms with E-state index in [1.54, 1.807) is 50.2 Å². The largest absolute Gasteiger partial charge is 0.530 e. The van der Waals surface area contributed by atoms with Gasteiger partial charge in [-0.05, 0) is 44.5 Å². The fourth-order valence-corrected chi connectivity index (χ4v) is 8.86. The van der Waals surface area contributed by atoms with Gasteiger partial charge in [-0.3, -0.25) is 9.05 Å². The molecule has 5 atom stereocenters. The number of hydrogen-bond donors (Lipinski definition) is 1. The molecule has 5 rings (SSSR count). The van der Waals surface area contributed by atoms with Crippen LogP contribution in [0.25, 0.3) is 5.52 Å². The van der Waals surface area contributed by atoms with Crippen LogP contribution in [0, 0.1) is 11.3 Å². The summed E-state index contributed by atoms with van der Waals surface area (Å²) >= 11 is 6.35. The Bertz CT molecular complexity index is 1740. The van der Waals surface area contributed by atoms with Crippen molar-refractivity contribution in [3.8, 4) is 11.8 Å². The normalized spacial score (nSPS) is 22.6. The van der Waals surface area contributed by atoms with Crippen LogP contribution < -0.4 is 10.3 Å². The SMILES string of the molecule is CCCCCCCCCCCCCCCCCCOCCOP(=O)(OC[C@H]1O[C@@](C#N)(c2ccc3c(N)ncnn23)[C@@H]2OC(C)(C)O[C@@H]21)Oc1ccccc1Cl. The molecule has 1 aromatic carbocycles. The number of phosphoric acid groups is 1. The number of phosphoric ester groups is 1. The maximum Gasteiger partial charge on any atom is 0.530 e. The highest BCUT2D eigenvalue weighted by Crippen LogP contribution is 2.54. The molecule has 2 aliphatic rings. The third-order valence-corrected chi connectivity index (χ3v) is 12.0. The number of nitrogens with zero attached hydrogens (tertiary/aromatic N) is 4. The highest BCUT2D eigenvalue weighted by Gasteiger charge is 2.65. The zero-order valence-corrected chi connectivity index (χ0v) is 35.0. The second-order valence-corrected chi connectivity index (χ2v) is 17.2. The molecule has 2 N–H and O–H groups in total. The molecule has 0 saturated carbocycles. The zero-order chi connectivity index (χ0) is 39.9. The fraction of sp³-hybridized carbons (Fsp3) is 0.683.